The maximum atomic E-state index is 5.65. The van der Waals surface area contributed by atoms with Gasteiger partial charge in [-0.05, 0) is 23.8 Å². The van der Waals surface area contributed by atoms with E-state index < -0.39 is 0 Å². The Labute approximate surface area is 73.0 Å². The fraction of sp³-hybridized carbons (Fsp3) is 0.778. The summed E-state index contributed by atoms with van der Waals surface area (Å²) >= 11 is 5.65. The molecular formula is C9H14ClN. The maximum absolute atomic E-state index is 5.65. The van der Waals surface area contributed by atoms with Gasteiger partial charge in [-0.3, -0.25) is 4.90 Å². The van der Waals surface area contributed by atoms with Crippen molar-refractivity contribution in [2.75, 3.05) is 25.5 Å². The second kappa shape index (κ2) is 2.80. The van der Waals surface area contributed by atoms with Gasteiger partial charge < -0.3 is 0 Å². The predicted molar refractivity (Wildman–Crippen MR) is 47.9 cm³/mol. The van der Waals surface area contributed by atoms with Crippen LogP contribution in [-0.4, -0.2) is 30.4 Å². The van der Waals surface area contributed by atoms with Gasteiger partial charge in [-0.15, -0.1) is 11.6 Å². The zero-order valence-corrected chi connectivity index (χ0v) is 7.48. The summed E-state index contributed by atoms with van der Waals surface area (Å²) in [5.41, 5.74) is 1.16. The standard InChI is InChI=1S/C9H14ClN/c1-7(3-10)4-11-5-8-2-9(8)6-11/h8-9H,1-6H2. The minimum Gasteiger partial charge on any atom is -0.299 e. The summed E-state index contributed by atoms with van der Waals surface area (Å²) in [6.07, 6.45) is 1.48. The molecular weight excluding hydrogens is 158 g/mol. The van der Waals surface area contributed by atoms with Crippen LogP contribution in [0.3, 0.4) is 0 Å². The van der Waals surface area contributed by atoms with Gasteiger partial charge in [0, 0.05) is 25.5 Å². The lowest BCUT2D eigenvalue weighted by atomic mass is 10.3. The van der Waals surface area contributed by atoms with E-state index in [0.29, 0.717) is 5.88 Å². The Hall–Kier alpha value is -0.0100. The predicted octanol–water partition coefficient (Wildman–Crippen LogP) is 1.73. The Kier molecular flexibility index (Phi) is 1.94. The van der Waals surface area contributed by atoms with Crippen LogP contribution < -0.4 is 0 Å². The summed E-state index contributed by atoms with van der Waals surface area (Å²) in [5, 5.41) is 0. The third kappa shape index (κ3) is 1.60. The number of hydrogen-bond donors (Lipinski definition) is 0. The highest BCUT2D eigenvalue weighted by atomic mass is 35.5. The lowest BCUT2D eigenvalue weighted by Crippen LogP contribution is -2.25. The summed E-state index contributed by atoms with van der Waals surface area (Å²) in [6, 6.07) is 0. The highest BCUT2D eigenvalue weighted by Crippen LogP contribution is 2.44. The third-order valence-corrected chi connectivity index (χ3v) is 3.07. The van der Waals surface area contributed by atoms with Crippen LogP contribution in [0, 0.1) is 11.8 Å². The van der Waals surface area contributed by atoms with Gasteiger partial charge in [-0.2, -0.15) is 0 Å². The molecule has 0 aromatic heterocycles. The smallest absolute Gasteiger partial charge is 0.0443 e. The van der Waals surface area contributed by atoms with E-state index >= 15 is 0 Å². The van der Waals surface area contributed by atoms with Gasteiger partial charge in [-0.1, -0.05) is 6.58 Å². The number of alkyl halides is 1. The summed E-state index contributed by atoms with van der Waals surface area (Å²) in [4.78, 5) is 2.48. The average Bonchev–Trinajstić information content (AvgIpc) is 2.60. The van der Waals surface area contributed by atoms with Crippen molar-refractivity contribution >= 4 is 11.6 Å². The number of hydrogen-bond acceptors (Lipinski definition) is 1. The first kappa shape index (κ1) is 7.63. The number of likely N-dealkylation sites (tertiary alicyclic amines) is 1. The normalized spacial score (nSPS) is 35.4. The van der Waals surface area contributed by atoms with E-state index in [4.69, 9.17) is 11.6 Å². The summed E-state index contributed by atoms with van der Waals surface area (Å²) in [5.74, 6) is 2.67. The van der Waals surface area contributed by atoms with E-state index in [1.54, 1.807) is 0 Å². The van der Waals surface area contributed by atoms with Crippen molar-refractivity contribution in [2.45, 2.75) is 6.42 Å². The molecule has 0 bridgehead atoms. The van der Waals surface area contributed by atoms with Gasteiger partial charge in [-0.25, -0.2) is 0 Å². The fourth-order valence-corrected chi connectivity index (χ4v) is 2.07. The number of piperidine rings is 1. The molecule has 2 rings (SSSR count). The van der Waals surface area contributed by atoms with Crippen LogP contribution in [0.15, 0.2) is 12.2 Å². The minimum atomic E-state index is 0.617. The zero-order chi connectivity index (χ0) is 7.84. The minimum absolute atomic E-state index is 0.617. The monoisotopic (exact) mass is 171 g/mol. The number of nitrogens with zero attached hydrogens (tertiary/aromatic N) is 1. The van der Waals surface area contributed by atoms with Gasteiger partial charge in [0.15, 0.2) is 0 Å². The molecule has 1 heterocycles. The van der Waals surface area contributed by atoms with Crippen LogP contribution in [0.4, 0.5) is 0 Å². The Balaban J connectivity index is 1.75. The largest absolute Gasteiger partial charge is 0.299 e. The molecule has 0 N–H and O–H groups in total. The number of halogens is 1. The summed E-state index contributed by atoms with van der Waals surface area (Å²) in [7, 11) is 0. The second-order valence-electron chi connectivity index (χ2n) is 3.83. The molecule has 1 aliphatic carbocycles. The average molecular weight is 172 g/mol. The molecule has 0 aromatic carbocycles. The quantitative estimate of drug-likeness (QED) is 0.462. The molecule has 1 saturated heterocycles. The van der Waals surface area contributed by atoms with Crippen LogP contribution >= 0.6 is 11.6 Å². The third-order valence-electron chi connectivity index (χ3n) is 2.69. The molecule has 11 heavy (non-hydrogen) atoms. The lowest BCUT2D eigenvalue weighted by Gasteiger charge is -2.17. The van der Waals surface area contributed by atoms with Crippen LogP contribution in [0.2, 0.25) is 0 Å². The highest BCUT2D eigenvalue weighted by Gasteiger charge is 2.44. The van der Waals surface area contributed by atoms with E-state index in [2.05, 4.69) is 11.5 Å². The van der Waals surface area contributed by atoms with Crippen molar-refractivity contribution in [3.63, 3.8) is 0 Å². The van der Waals surface area contributed by atoms with Crippen molar-refractivity contribution in [2.24, 2.45) is 11.8 Å². The first-order valence-corrected chi connectivity index (χ1v) is 4.78. The molecule has 2 atom stereocenters. The molecule has 1 saturated carbocycles. The van der Waals surface area contributed by atoms with Crippen molar-refractivity contribution < 1.29 is 0 Å². The lowest BCUT2D eigenvalue weighted by molar-refractivity contribution is 0.331. The molecule has 2 aliphatic rings. The SMILES string of the molecule is C=C(CCl)CN1CC2CC2C1. The van der Waals surface area contributed by atoms with Gasteiger partial charge >= 0.3 is 0 Å². The summed E-state index contributed by atoms with van der Waals surface area (Å²) < 4.78 is 0. The molecule has 62 valence electrons. The Morgan fingerprint density at radius 2 is 2.09 bits per heavy atom. The Morgan fingerprint density at radius 3 is 2.64 bits per heavy atom. The molecule has 1 aliphatic heterocycles. The molecule has 2 fully saturated rings. The first-order valence-electron chi connectivity index (χ1n) is 4.24. The van der Waals surface area contributed by atoms with Gasteiger partial charge in [0.05, 0.1) is 0 Å². The van der Waals surface area contributed by atoms with E-state index in [0.717, 1.165) is 24.0 Å². The fourth-order valence-electron chi connectivity index (χ4n) is 1.98. The van der Waals surface area contributed by atoms with Crippen molar-refractivity contribution in [1.82, 2.24) is 4.90 Å². The summed E-state index contributed by atoms with van der Waals surface area (Å²) in [6.45, 7) is 7.51. The zero-order valence-electron chi connectivity index (χ0n) is 6.72. The van der Waals surface area contributed by atoms with E-state index in [1.807, 2.05) is 0 Å². The van der Waals surface area contributed by atoms with Crippen molar-refractivity contribution in [1.29, 1.82) is 0 Å². The van der Waals surface area contributed by atoms with E-state index in [9.17, 15) is 0 Å². The van der Waals surface area contributed by atoms with Crippen molar-refractivity contribution in [3.05, 3.63) is 12.2 Å². The molecule has 1 nitrogen and oxygen atoms in total. The number of rotatable bonds is 3. The second-order valence-corrected chi connectivity index (χ2v) is 4.10. The molecule has 0 spiro atoms. The van der Waals surface area contributed by atoms with Gasteiger partial charge in [0.2, 0.25) is 0 Å². The van der Waals surface area contributed by atoms with Gasteiger partial charge in [0.1, 0.15) is 0 Å². The van der Waals surface area contributed by atoms with E-state index in [1.165, 1.54) is 19.5 Å². The topological polar surface area (TPSA) is 3.24 Å². The Morgan fingerprint density at radius 1 is 1.45 bits per heavy atom. The van der Waals surface area contributed by atoms with Crippen LogP contribution in [-0.2, 0) is 0 Å². The number of fused-ring (bicyclic) bond motifs is 1. The molecule has 2 heteroatoms. The molecule has 2 unspecified atom stereocenters. The Bertz CT molecular complexity index is 168. The molecule has 0 radical (unpaired) electrons. The van der Waals surface area contributed by atoms with Crippen LogP contribution in [0.1, 0.15) is 6.42 Å². The first-order chi connectivity index (χ1) is 5.29. The highest BCUT2D eigenvalue weighted by molar-refractivity contribution is 6.19. The van der Waals surface area contributed by atoms with Crippen LogP contribution in [0.5, 0.6) is 0 Å². The van der Waals surface area contributed by atoms with E-state index in [-0.39, 0.29) is 0 Å². The maximum Gasteiger partial charge on any atom is 0.0443 e. The molecule has 0 aromatic rings. The van der Waals surface area contributed by atoms with Gasteiger partial charge in [0.25, 0.3) is 0 Å². The van der Waals surface area contributed by atoms with Crippen molar-refractivity contribution in [3.8, 4) is 0 Å². The molecule has 0 amide bonds. The van der Waals surface area contributed by atoms with Crippen LogP contribution in [0.25, 0.3) is 0 Å².